The van der Waals surface area contributed by atoms with Gasteiger partial charge >= 0.3 is 6.18 Å². The van der Waals surface area contributed by atoms with Crippen LogP contribution in [0.1, 0.15) is 36.2 Å². The summed E-state index contributed by atoms with van der Waals surface area (Å²) in [6.45, 7) is 7.91. The summed E-state index contributed by atoms with van der Waals surface area (Å²) < 4.78 is 41.5. The summed E-state index contributed by atoms with van der Waals surface area (Å²) in [4.78, 5) is 29.8. The second-order valence-corrected chi connectivity index (χ2v) is 10.3. The van der Waals surface area contributed by atoms with Crippen molar-refractivity contribution >= 4 is 23.4 Å². The molecule has 3 rings (SSSR count). The molecule has 0 saturated heterocycles. The van der Waals surface area contributed by atoms with Crippen LogP contribution in [0.3, 0.4) is 0 Å². The molecule has 0 spiro atoms. The molecule has 0 bridgehead atoms. The van der Waals surface area contributed by atoms with E-state index in [0.29, 0.717) is 12.1 Å². The van der Waals surface area contributed by atoms with Gasteiger partial charge in [0.05, 0.1) is 17.5 Å². The van der Waals surface area contributed by atoms with Crippen molar-refractivity contribution in [3.63, 3.8) is 0 Å². The SMILES string of the molecule is C=CCN(CC(=O)N(Cc1ccccc1)Cc1cccn1Cc1cccc(C(F)(F)F)c1)C(=O)C(C)(C)CCl. The fourth-order valence-electron chi connectivity index (χ4n) is 4.15. The van der Waals surface area contributed by atoms with Crippen LogP contribution in [0.15, 0.2) is 85.6 Å². The number of halogens is 4. The van der Waals surface area contributed by atoms with Gasteiger partial charge < -0.3 is 14.4 Å². The molecule has 0 aliphatic carbocycles. The first-order valence-electron chi connectivity index (χ1n) is 12.5. The summed E-state index contributed by atoms with van der Waals surface area (Å²) >= 11 is 6.02. The minimum Gasteiger partial charge on any atom is -0.345 e. The first-order chi connectivity index (χ1) is 18.4. The molecule has 208 valence electrons. The Hall–Kier alpha value is -3.52. The van der Waals surface area contributed by atoms with Gasteiger partial charge in [0.1, 0.15) is 6.54 Å². The maximum absolute atomic E-state index is 13.6. The number of hydrogen-bond acceptors (Lipinski definition) is 2. The van der Waals surface area contributed by atoms with Crippen molar-refractivity contribution in [2.24, 2.45) is 5.41 Å². The largest absolute Gasteiger partial charge is 0.416 e. The maximum atomic E-state index is 13.6. The Balaban J connectivity index is 1.86. The maximum Gasteiger partial charge on any atom is 0.416 e. The fraction of sp³-hybridized carbons (Fsp3) is 0.333. The van der Waals surface area contributed by atoms with Crippen molar-refractivity contribution in [1.82, 2.24) is 14.4 Å². The van der Waals surface area contributed by atoms with Gasteiger partial charge in [-0.15, -0.1) is 18.2 Å². The van der Waals surface area contributed by atoms with E-state index in [2.05, 4.69) is 6.58 Å². The summed E-state index contributed by atoms with van der Waals surface area (Å²) in [5, 5.41) is 0. The number of nitrogens with zero attached hydrogens (tertiary/aromatic N) is 3. The molecule has 9 heteroatoms. The average Bonchev–Trinajstić information content (AvgIpc) is 3.34. The van der Waals surface area contributed by atoms with Crippen LogP contribution in [0.5, 0.6) is 0 Å². The number of alkyl halides is 4. The number of aromatic nitrogens is 1. The lowest BCUT2D eigenvalue weighted by molar-refractivity contribution is -0.145. The second-order valence-electron chi connectivity index (χ2n) is 10.1. The Morgan fingerprint density at radius 3 is 2.28 bits per heavy atom. The van der Waals surface area contributed by atoms with E-state index in [1.807, 2.05) is 41.0 Å². The fourth-order valence-corrected chi connectivity index (χ4v) is 4.26. The molecule has 0 fully saturated rings. The monoisotopic (exact) mass is 559 g/mol. The van der Waals surface area contributed by atoms with Crippen molar-refractivity contribution in [2.75, 3.05) is 19.0 Å². The number of hydrogen-bond donors (Lipinski definition) is 0. The predicted octanol–water partition coefficient (Wildman–Crippen LogP) is 6.36. The van der Waals surface area contributed by atoms with Crippen molar-refractivity contribution in [2.45, 2.75) is 39.7 Å². The Labute approximate surface area is 232 Å². The number of carbonyl (C=O) groups is 2. The highest BCUT2D eigenvalue weighted by Crippen LogP contribution is 2.30. The van der Waals surface area contributed by atoms with Gasteiger partial charge in [-0.2, -0.15) is 13.2 Å². The lowest BCUT2D eigenvalue weighted by Crippen LogP contribution is -2.47. The first kappa shape index (κ1) is 30.0. The molecule has 2 amide bonds. The van der Waals surface area contributed by atoms with Crippen molar-refractivity contribution in [1.29, 1.82) is 0 Å². The third kappa shape index (κ3) is 8.23. The third-order valence-corrected chi connectivity index (χ3v) is 7.00. The summed E-state index contributed by atoms with van der Waals surface area (Å²) in [5.41, 5.74) is 0.592. The standard InChI is InChI=1S/C30H33ClF3N3O2/c1-4-15-36(28(39)29(2,3)22-31)21-27(38)37(18-23-10-6-5-7-11-23)20-26-14-9-16-35(26)19-24-12-8-13-25(17-24)30(32,33)34/h4-14,16-17H,1,15,18-22H2,2-3H3. The van der Waals surface area contributed by atoms with Crippen LogP contribution in [-0.4, -0.2) is 45.2 Å². The molecular weight excluding hydrogens is 527 g/mol. The molecule has 0 aliphatic heterocycles. The molecule has 3 aromatic rings. The van der Waals surface area contributed by atoms with Crippen molar-refractivity contribution in [3.8, 4) is 0 Å². The topological polar surface area (TPSA) is 45.6 Å². The van der Waals surface area contributed by atoms with Gasteiger partial charge in [0, 0.05) is 37.4 Å². The van der Waals surface area contributed by atoms with E-state index in [1.165, 1.54) is 11.0 Å². The number of rotatable bonds is 12. The molecule has 0 unspecified atom stereocenters. The second kappa shape index (κ2) is 13.0. The molecule has 1 aromatic heterocycles. The van der Waals surface area contributed by atoms with E-state index >= 15 is 0 Å². The van der Waals surface area contributed by atoms with Crippen molar-refractivity contribution in [3.05, 3.63) is 108 Å². The molecule has 39 heavy (non-hydrogen) atoms. The van der Waals surface area contributed by atoms with E-state index in [1.54, 1.807) is 43.2 Å². The van der Waals surface area contributed by atoms with E-state index in [0.717, 1.165) is 23.4 Å². The van der Waals surface area contributed by atoms with Crippen molar-refractivity contribution < 1.29 is 22.8 Å². The molecule has 0 radical (unpaired) electrons. The highest BCUT2D eigenvalue weighted by molar-refractivity contribution is 6.19. The third-order valence-electron chi connectivity index (χ3n) is 6.33. The lowest BCUT2D eigenvalue weighted by atomic mass is 9.94. The number of benzene rings is 2. The van der Waals surface area contributed by atoms with Crippen LogP contribution in [0.4, 0.5) is 13.2 Å². The van der Waals surface area contributed by atoms with Crippen LogP contribution in [0, 0.1) is 5.41 Å². The van der Waals surface area contributed by atoms with Crippen LogP contribution in [0.25, 0.3) is 0 Å². The Kier molecular flexibility index (Phi) is 10.0. The smallest absolute Gasteiger partial charge is 0.345 e. The van der Waals surface area contributed by atoms with E-state index in [9.17, 15) is 22.8 Å². The molecule has 0 saturated carbocycles. The summed E-state index contributed by atoms with van der Waals surface area (Å²) in [6.07, 6.45) is -1.09. The van der Waals surface area contributed by atoms with Gasteiger partial charge in [-0.1, -0.05) is 48.5 Å². The van der Waals surface area contributed by atoms with Gasteiger partial charge in [0.25, 0.3) is 0 Å². The van der Waals surface area contributed by atoms with Crippen LogP contribution in [-0.2, 0) is 35.4 Å². The minimum absolute atomic E-state index is 0.102. The van der Waals surface area contributed by atoms with E-state index in [4.69, 9.17) is 11.6 Å². The molecular formula is C30H33ClF3N3O2. The highest BCUT2D eigenvalue weighted by atomic mass is 35.5. The van der Waals surface area contributed by atoms with Crippen LogP contribution < -0.4 is 0 Å². The summed E-state index contributed by atoms with van der Waals surface area (Å²) in [5.74, 6) is -0.422. The Morgan fingerprint density at radius 2 is 1.64 bits per heavy atom. The van der Waals surface area contributed by atoms with Gasteiger partial charge in [0.2, 0.25) is 11.8 Å². The van der Waals surface area contributed by atoms with E-state index < -0.39 is 17.2 Å². The molecule has 2 aromatic carbocycles. The normalized spacial score (nSPS) is 11.7. The van der Waals surface area contributed by atoms with Gasteiger partial charge in [-0.25, -0.2) is 0 Å². The zero-order valence-electron chi connectivity index (χ0n) is 22.1. The molecule has 1 heterocycles. The number of amides is 2. The first-order valence-corrected chi connectivity index (χ1v) is 13.1. The highest BCUT2D eigenvalue weighted by Gasteiger charge is 2.33. The quantitative estimate of drug-likeness (QED) is 0.191. The molecule has 0 atom stereocenters. The summed E-state index contributed by atoms with van der Waals surface area (Å²) in [6, 6.07) is 18.3. The lowest BCUT2D eigenvalue weighted by Gasteiger charge is -2.32. The Morgan fingerprint density at radius 1 is 0.949 bits per heavy atom. The van der Waals surface area contributed by atoms with Gasteiger partial charge in [-0.3, -0.25) is 9.59 Å². The van der Waals surface area contributed by atoms with Gasteiger partial charge in [0.15, 0.2) is 0 Å². The minimum atomic E-state index is -4.43. The van der Waals surface area contributed by atoms with E-state index in [-0.39, 0.29) is 43.9 Å². The van der Waals surface area contributed by atoms with Crippen LogP contribution >= 0.6 is 11.6 Å². The molecule has 0 N–H and O–H groups in total. The predicted molar refractivity (Wildman–Crippen MR) is 147 cm³/mol. The Bertz CT molecular complexity index is 1270. The zero-order valence-corrected chi connectivity index (χ0v) is 22.9. The average molecular weight is 560 g/mol. The van der Waals surface area contributed by atoms with Crippen LogP contribution in [0.2, 0.25) is 0 Å². The van der Waals surface area contributed by atoms with Gasteiger partial charge in [-0.05, 0) is 49.2 Å². The molecule has 5 nitrogen and oxygen atoms in total. The molecule has 0 aliphatic rings. The number of carbonyl (C=O) groups excluding carboxylic acids is 2. The zero-order chi connectivity index (χ0) is 28.6. The summed E-state index contributed by atoms with van der Waals surface area (Å²) in [7, 11) is 0.